The summed E-state index contributed by atoms with van der Waals surface area (Å²) in [6, 6.07) is 8.33. The van der Waals surface area contributed by atoms with Gasteiger partial charge in [-0.1, -0.05) is 0 Å². The third kappa shape index (κ3) is 3.88. The molecule has 0 bridgehead atoms. The molecule has 0 aliphatic rings. The minimum atomic E-state index is -3.69. The monoisotopic (exact) mass is 437 g/mol. The van der Waals surface area contributed by atoms with Gasteiger partial charge in [0.2, 0.25) is 5.28 Å². The first-order valence-corrected chi connectivity index (χ1v) is 11.2. The molecule has 2 N–H and O–H groups in total. The van der Waals surface area contributed by atoms with Crippen LogP contribution in [0.1, 0.15) is 4.88 Å². The SMILES string of the molecule is Cc1cc2c(Nc3ccc(S(=O)(=O)Nc4nccs4)cc3)nc(Cl)nc2s1. The van der Waals surface area contributed by atoms with E-state index in [-0.39, 0.29) is 10.2 Å². The molecule has 0 saturated carbocycles. The molecule has 0 radical (unpaired) electrons. The van der Waals surface area contributed by atoms with Crippen LogP contribution in [0.4, 0.5) is 16.6 Å². The van der Waals surface area contributed by atoms with Gasteiger partial charge in [-0.05, 0) is 48.9 Å². The van der Waals surface area contributed by atoms with Crippen molar-refractivity contribution in [2.75, 3.05) is 10.0 Å². The number of benzene rings is 1. The van der Waals surface area contributed by atoms with Crippen LogP contribution in [0.25, 0.3) is 10.2 Å². The minimum absolute atomic E-state index is 0.139. The molecule has 27 heavy (non-hydrogen) atoms. The maximum Gasteiger partial charge on any atom is 0.263 e. The standard InChI is InChI=1S/C16H12ClN5O2S3/c1-9-8-12-13(20-15(17)21-14(12)26-9)19-10-2-4-11(5-3-10)27(23,24)22-16-18-6-7-25-16/h2-8H,1H3,(H,18,22)(H,19,20,21). The Labute approximate surface area is 168 Å². The summed E-state index contributed by atoms with van der Waals surface area (Å²) in [4.78, 5) is 14.4. The molecule has 11 heteroatoms. The quantitative estimate of drug-likeness (QED) is 0.441. The van der Waals surface area contributed by atoms with Crippen molar-refractivity contribution in [2.24, 2.45) is 0 Å². The second-order valence-electron chi connectivity index (χ2n) is 5.51. The van der Waals surface area contributed by atoms with E-state index in [0.717, 1.165) is 15.1 Å². The normalized spacial score (nSPS) is 11.6. The van der Waals surface area contributed by atoms with Crippen LogP contribution in [0.5, 0.6) is 0 Å². The average Bonchev–Trinajstić information content (AvgIpc) is 3.23. The average molecular weight is 438 g/mol. The highest BCUT2D eigenvalue weighted by Crippen LogP contribution is 2.31. The lowest BCUT2D eigenvalue weighted by atomic mass is 10.3. The Balaban J connectivity index is 1.60. The van der Waals surface area contributed by atoms with E-state index in [1.165, 1.54) is 41.0 Å². The number of anilines is 3. The van der Waals surface area contributed by atoms with Crippen molar-refractivity contribution >= 4 is 71.2 Å². The Morgan fingerprint density at radius 2 is 1.93 bits per heavy atom. The molecule has 7 nitrogen and oxygen atoms in total. The Bertz CT molecular complexity index is 1210. The topological polar surface area (TPSA) is 96.9 Å². The van der Waals surface area contributed by atoms with Crippen molar-refractivity contribution in [1.29, 1.82) is 0 Å². The highest BCUT2D eigenvalue weighted by atomic mass is 35.5. The highest BCUT2D eigenvalue weighted by Gasteiger charge is 2.16. The summed E-state index contributed by atoms with van der Waals surface area (Å²) < 4.78 is 27.2. The van der Waals surface area contributed by atoms with Gasteiger partial charge in [0.05, 0.1) is 10.3 Å². The van der Waals surface area contributed by atoms with Crippen LogP contribution in [-0.4, -0.2) is 23.4 Å². The summed E-state index contributed by atoms with van der Waals surface area (Å²) in [6.45, 7) is 1.99. The molecule has 4 aromatic rings. The third-order valence-corrected chi connectivity index (χ3v) is 6.86. The molecule has 0 amide bonds. The van der Waals surface area contributed by atoms with E-state index in [4.69, 9.17) is 11.6 Å². The first-order valence-electron chi connectivity index (χ1n) is 7.64. The smallest absolute Gasteiger partial charge is 0.263 e. The second kappa shape index (κ2) is 7.04. The van der Waals surface area contributed by atoms with Gasteiger partial charge in [-0.15, -0.1) is 22.7 Å². The minimum Gasteiger partial charge on any atom is -0.340 e. The van der Waals surface area contributed by atoms with Gasteiger partial charge in [-0.25, -0.2) is 18.4 Å². The molecule has 1 aromatic carbocycles. The molecule has 0 unspecified atom stereocenters. The molecular weight excluding hydrogens is 426 g/mol. The van der Waals surface area contributed by atoms with Crippen LogP contribution in [-0.2, 0) is 10.0 Å². The third-order valence-electron chi connectivity index (χ3n) is 3.57. The van der Waals surface area contributed by atoms with E-state index < -0.39 is 10.0 Å². The van der Waals surface area contributed by atoms with Crippen LogP contribution >= 0.6 is 34.3 Å². The fourth-order valence-corrected chi connectivity index (χ4v) is 5.30. The van der Waals surface area contributed by atoms with Gasteiger partial charge in [0.15, 0.2) is 5.13 Å². The summed E-state index contributed by atoms with van der Waals surface area (Å²) in [5, 5.41) is 6.21. The molecule has 0 aliphatic carbocycles. The first kappa shape index (κ1) is 18.1. The number of fused-ring (bicyclic) bond motifs is 1. The van der Waals surface area contributed by atoms with Crippen LogP contribution in [0, 0.1) is 6.92 Å². The first-order chi connectivity index (χ1) is 12.9. The van der Waals surface area contributed by atoms with Gasteiger partial charge < -0.3 is 5.32 Å². The van der Waals surface area contributed by atoms with E-state index >= 15 is 0 Å². The molecule has 0 atom stereocenters. The number of halogens is 1. The predicted molar refractivity (Wildman–Crippen MR) is 110 cm³/mol. The lowest BCUT2D eigenvalue weighted by molar-refractivity contribution is 0.601. The van der Waals surface area contributed by atoms with E-state index in [9.17, 15) is 8.42 Å². The summed E-state index contributed by atoms with van der Waals surface area (Å²) in [5.41, 5.74) is 0.683. The summed E-state index contributed by atoms with van der Waals surface area (Å²) >= 11 is 8.75. The number of aryl methyl sites for hydroxylation is 1. The number of rotatable bonds is 5. The second-order valence-corrected chi connectivity index (χ2v) is 9.66. The lowest BCUT2D eigenvalue weighted by Gasteiger charge is -2.09. The van der Waals surface area contributed by atoms with Gasteiger partial charge in [0.1, 0.15) is 10.6 Å². The molecule has 3 aromatic heterocycles. The Hall–Kier alpha value is -2.27. The Morgan fingerprint density at radius 1 is 1.15 bits per heavy atom. The number of hydrogen-bond donors (Lipinski definition) is 2. The molecule has 0 aliphatic heterocycles. The molecule has 4 rings (SSSR count). The number of nitrogens with one attached hydrogen (secondary N) is 2. The van der Waals surface area contributed by atoms with Gasteiger partial charge in [0, 0.05) is 22.1 Å². The Kier molecular flexibility index (Phi) is 4.72. The van der Waals surface area contributed by atoms with Crippen LogP contribution < -0.4 is 10.0 Å². The van der Waals surface area contributed by atoms with E-state index in [1.54, 1.807) is 17.5 Å². The zero-order valence-electron chi connectivity index (χ0n) is 13.8. The summed E-state index contributed by atoms with van der Waals surface area (Å²) in [7, 11) is -3.69. The van der Waals surface area contributed by atoms with E-state index in [2.05, 4.69) is 25.0 Å². The summed E-state index contributed by atoms with van der Waals surface area (Å²) in [6.07, 6.45) is 1.54. The maximum absolute atomic E-state index is 12.4. The molecule has 138 valence electrons. The fraction of sp³-hybridized carbons (Fsp3) is 0.0625. The molecular formula is C16H12ClN5O2S3. The highest BCUT2D eigenvalue weighted by molar-refractivity contribution is 7.93. The fourth-order valence-electron chi connectivity index (χ4n) is 2.41. The molecule has 0 saturated heterocycles. The molecule has 3 heterocycles. The lowest BCUT2D eigenvalue weighted by Crippen LogP contribution is -2.12. The van der Waals surface area contributed by atoms with Gasteiger partial charge >= 0.3 is 0 Å². The number of thiazole rings is 1. The van der Waals surface area contributed by atoms with Crippen molar-refractivity contribution in [2.45, 2.75) is 11.8 Å². The van der Waals surface area contributed by atoms with Gasteiger partial charge in [0.25, 0.3) is 10.0 Å². The van der Waals surface area contributed by atoms with Crippen molar-refractivity contribution in [3.63, 3.8) is 0 Å². The number of nitrogens with zero attached hydrogens (tertiary/aromatic N) is 3. The zero-order chi connectivity index (χ0) is 19.0. The molecule has 0 spiro atoms. The van der Waals surface area contributed by atoms with Crippen LogP contribution in [0.2, 0.25) is 5.28 Å². The zero-order valence-corrected chi connectivity index (χ0v) is 17.0. The van der Waals surface area contributed by atoms with Crippen LogP contribution in [0.15, 0.2) is 46.8 Å². The summed E-state index contributed by atoms with van der Waals surface area (Å²) in [5.74, 6) is 0.575. The van der Waals surface area contributed by atoms with Crippen LogP contribution in [0.3, 0.4) is 0 Å². The predicted octanol–water partition coefficient (Wildman–Crippen LogP) is 4.65. The van der Waals surface area contributed by atoms with Crippen molar-refractivity contribution in [3.8, 4) is 0 Å². The van der Waals surface area contributed by atoms with Crippen molar-refractivity contribution < 1.29 is 8.42 Å². The molecule has 0 fully saturated rings. The Morgan fingerprint density at radius 3 is 2.63 bits per heavy atom. The van der Waals surface area contributed by atoms with Gasteiger partial charge in [-0.3, -0.25) is 4.72 Å². The van der Waals surface area contributed by atoms with Crippen molar-refractivity contribution in [1.82, 2.24) is 15.0 Å². The van der Waals surface area contributed by atoms with Crippen molar-refractivity contribution in [3.05, 3.63) is 52.1 Å². The van der Waals surface area contributed by atoms with E-state index in [1.807, 2.05) is 13.0 Å². The largest absolute Gasteiger partial charge is 0.340 e. The number of thiophene rings is 1. The van der Waals surface area contributed by atoms with E-state index in [0.29, 0.717) is 16.6 Å². The van der Waals surface area contributed by atoms with Gasteiger partial charge in [-0.2, -0.15) is 4.98 Å². The number of sulfonamides is 1. The number of hydrogen-bond acceptors (Lipinski definition) is 8. The number of aromatic nitrogens is 3. The maximum atomic E-state index is 12.4.